The van der Waals surface area contributed by atoms with Crippen LogP contribution in [0.5, 0.6) is 0 Å². The summed E-state index contributed by atoms with van der Waals surface area (Å²) in [5.74, 6) is -5.11. The van der Waals surface area contributed by atoms with Crippen LogP contribution in [0.25, 0.3) is 0 Å². The molecule has 2 saturated heterocycles. The second-order valence-electron chi connectivity index (χ2n) is 8.99. The molecule has 212 valence electrons. The van der Waals surface area contributed by atoms with Gasteiger partial charge in [-0.05, 0) is 44.5 Å². The molecule has 37 heavy (non-hydrogen) atoms. The molecule has 0 saturated carbocycles. The Morgan fingerprint density at radius 2 is 1.41 bits per heavy atom. The van der Waals surface area contributed by atoms with E-state index in [0.717, 1.165) is 52.2 Å². The van der Waals surface area contributed by atoms with Gasteiger partial charge in [0, 0.05) is 57.4 Å². The van der Waals surface area contributed by atoms with Crippen molar-refractivity contribution in [1.29, 1.82) is 0 Å². The number of hydrogen-bond donors (Lipinski definition) is 3. The standard InChI is InChI=1S/C19H31N3O.2C2HF3O2/c1-15-5-4-6-18(16(15)2)22-11-9-21(10-12-22)14-17-13-20(3)8-7-19(17)23;2*3-2(4,5)1(6)7/h4-6,17,19,23H,7-14H2,1-3H3;2*(H,6,7)/t17-,19+;;/m0../s1. The molecule has 8 nitrogen and oxygen atoms in total. The Balaban J connectivity index is 0.000000404. The van der Waals surface area contributed by atoms with E-state index in [1.807, 2.05) is 0 Å². The van der Waals surface area contributed by atoms with Gasteiger partial charge in [0.05, 0.1) is 6.10 Å². The number of piperidine rings is 1. The highest BCUT2D eigenvalue weighted by Gasteiger charge is 2.39. The molecule has 1 aromatic rings. The number of carbonyl (C=O) groups is 2. The SMILES string of the molecule is Cc1cccc(N2CCN(C[C@@H]3CN(C)CC[C@H]3O)CC2)c1C.O=C(O)C(F)(F)F.O=C(O)C(F)(F)F. The number of carboxylic acid groups (broad SMARTS) is 2. The lowest BCUT2D eigenvalue weighted by atomic mass is 9.94. The van der Waals surface area contributed by atoms with Gasteiger partial charge in [-0.25, -0.2) is 9.59 Å². The molecule has 0 aromatic heterocycles. The van der Waals surface area contributed by atoms with Crippen molar-refractivity contribution in [2.75, 3.05) is 57.8 Å². The van der Waals surface area contributed by atoms with E-state index in [4.69, 9.17) is 19.8 Å². The van der Waals surface area contributed by atoms with E-state index >= 15 is 0 Å². The summed E-state index contributed by atoms with van der Waals surface area (Å²) in [4.78, 5) is 25.2. The van der Waals surface area contributed by atoms with Crippen molar-refractivity contribution in [3.05, 3.63) is 29.3 Å². The Labute approximate surface area is 211 Å². The summed E-state index contributed by atoms with van der Waals surface area (Å²) in [6, 6.07) is 6.60. The lowest BCUT2D eigenvalue weighted by molar-refractivity contribution is -0.193. The molecule has 2 fully saturated rings. The third-order valence-electron chi connectivity index (χ3n) is 6.16. The molecule has 3 N–H and O–H groups in total. The number of likely N-dealkylation sites (tertiary alicyclic amines) is 1. The van der Waals surface area contributed by atoms with Gasteiger partial charge in [-0.1, -0.05) is 12.1 Å². The second-order valence-corrected chi connectivity index (χ2v) is 8.99. The summed E-state index contributed by atoms with van der Waals surface area (Å²) in [6.07, 6.45) is -9.37. The fourth-order valence-electron chi connectivity index (χ4n) is 3.96. The van der Waals surface area contributed by atoms with Gasteiger partial charge in [0.25, 0.3) is 0 Å². The molecule has 2 atom stereocenters. The molecular weight excluding hydrogens is 512 g/mol. The molecule has 0 bridgehead atoms. The Kier molecular flexibility index (Phi) is 12.1. The molecule has 0 aliphatic carbocycles. The van der Waals surface area contributed by atoms with E-state index in [1.54, 1.807) is 0 Å². The number of aryl methyl sites for hydroxylation is 1. The van der Waals surface area contributed by atoms with E-state index in [1.165, 1.54) is 16.8 Å². The van der Waals surface area contributed by atoms with Gasteiger partial charge < -0.3 is 25.1 Å². The number of benzene rings is 1. The first kappa shape index (κ1) is 32.4. The van der Waals surface area contributed by atoms with Gasteiger partial charge in [0.1, 0.15) is 0 Å². The number of halogens is 6. The van der Waals surface area contributed by atoms with Gasteiger partial charge in [-0.2, -0.15) is 26.3 Å². The molecule has 0 spiro atoms. The molecule has 3 rings (SSSR count). The van der Waals surface area contributed by atoms with Gasteiger partial charge >= 0.3 is 24.3 Å². The fraction of sp³-hybridized carbons (Fsp3) is 0.652. The summed E-state index contributed by atoms with van der Waals surface area (Å²) in [5, 5.41) is 24.5. The maximum atomic E-state index is 10.6. The lowest BCUT2D eigenvalue weighted by Crippen LogP contribution is -2.52. The quantitative estimate of drug-likeness (QED) is 0.499. The van der Waals surface area contributed by atoms with Crippen molar-refractivity contribution in [3.8, 4) is 0 Å². The smallest absolute Gasteiger partial charge is 0.475 e. The molecular formula is C23H33F6N3O5. The summed E-state index contributed by atoms with van der Waals surface area (Å²) in [7, 11) is 2.16. The normalized spacial score (nSPS) is 21.3. The molecule has 2 heterocycles. The predicted molar refractivity (Wildman–Crippen MR) is 124 cm³/mol. The van der Waals surface area contributed by atoms with Crippen LogP contribution >= 0.6 is 0 Å². The van der Waals surface area contributed by atoms with Crippen LogP contribution in [-0.2, 0) is 9.59 Å². The lowest BCUT2D eigenvalue weighted by Gasteiger charge is -2.41. The number of piperazine rings is 1. The monoisotopic (exact) mass is 545 g/mol. The van der Waals surface area contributed by atoms with Crippen LogP contribution in [0.2, 0.25) is 0 Å². The molecule has 2 aliphatic heterocycles. The number of anilines is 1. The number of rotatable bonds is 3. The summed E-state index contributed by atoms with van der Waals surface area (Å²) in [6.45, 7) is 11.9. The van der Waals surface area contributed by atoms with Crippen LogP contribution < -0.4 is 4.90 Å². The number of hydrogen-bond acceptors (Lipinski definition) is 6. The zero-order valence-corrected chi connectivity index (χ0v) is 20.8. The first-order chi connectivity index (χ1) is 16.9. The number of carboxylic acids is 2. The topological polar surface area (TPSA) is 105 Å². The highest BCUT2D eigenvalue weighted by atomic mass is 19.4. The van der Waals surface area contributed by atoms with Crippen LogP contribution in [0.4, 0.5) is 32.0 Å². The van der Waals surface area contributed by atoms with Crippen molar-refractivity contribution in [1.82, 2.24) is 9.80 Å². The van der Waals surface area contributed by atoms with E-state index in [0.29, 0.717) is 5.92 Å². The first-order valence-corrected chi connectivity index (χ1v) is 11.4. The Morgan fingerprint density at radius 3 is 1.86 bits per heavy atom. The number of aliphatic hydroxyl groups is 1. The van der Waals surface area contributed by atoms with Gasteiger partial charge in [-0.3, -0.25) is 4.90 Å². The minimum absolute atomic E-state index is 0.122. The van der Waals surface area contributed by atoms with Gasteiger partial charge in [-0.15, -0.1) is 0 Å². The number of alkyl halides is 6. The largest absolute Gasteiger partial charge is 0.490 e. The van der Waals surface area contributed by atoms with Crippen molar-refractivity contribution in [2.45, 2.75) is 38.7 Å². The number of nitrogens with zero attached hydrogens (tertiary/aromatic N) is 3. The van der Waals surface area contributed by atoms with Crippen molar-refractivity contribution < 1.29 is 51.3 Å². The molecule has 0 radical (unpaired) electrons. The first-order valence-electron chi connectivity index (χ1n) is 11.4. The van der Waals surface area contributed by atoms with Crippen molar-refractivity contribution >= 4 is 17.6 Å². The van der Waals surface area contributed by atoms with Crippen LogP contribution in [-0.4, -0.2) is 108 Å². The predicted octanol–water partition coefficient (Wildman–Crippen LogP) is 3.00. The highest BCUT2D eigenvalue weighted by Crippen LogP contribution is 2.25. The third kappa shape index (κ3) is 11.1. The van der Waals surface area contributed by atoms with Gasteiger partial charge in [0.15, 0.2) is 0 Å². The maximum Gasteiger partial charge on any atom is 0.490 e. The number of aliphatic hydroxyl groups excluding tert-OH is 1. The van der Waals surface area contributed by atoms with Crippen LogP contribution in [0.1, 0.15) is 17.5 Å². The van der Waals surface area contributed by atoms with Crippen molar-refractivity contribution in [3.63, 3.8) is 0 Å². The highest BCUT2D eigenvalue weighted by molar-refractivity contribution is 5.73. The summed E-state index contributed by atoms with van der Waals surface area (Å²) >= 11 is 0. The van der Waals surface area contributed by atoms with Gasteiger partial charge in [0.2, 0.25) is 0 Å². The molecule has 0 amide bonds. The zero-order valence-electron chi connectivity index (χ0n) is 20.8. The average Bonchev–Trinajstić information content (AvgIpc) is 2.78. The average molecular weight is 546 g/mol. The van der Waals surface area contributed by atoms with Crippen LogP contribution in [0.3, 0.4) is 0 Å². The number of aliphatic carboxylic acids is 2. The molecule has 1 aromatic carbocycles. The Hall–Kier alpha value is -2.58. The Morgan fingerprint density at radius 1 is 0.919 bits per heavy atom. The molecule has 0 unspecified atom stereocenters. The van der Waals surface area contributed by atoms with Crippen molar-refractivity contribution in [2.24, 2.45) is 5.92 Å². The van der Waals surface area contributed by atoms with Crippen LogP contribution in [0, 0.1) is 19.8 Å². The van der Waals surface area contributed by atoms with E-state index in [-0.39, 0.29) is 6.10 Å². The second kappa shape index (κ2) is 13.8. The maximum absolute atomic E-state index is 10.6. The third-order valence-corrected chi connectivity index (χ3v) is 6.16. The minimum Gasteiger partial charge on any atom is -0.475 e. The summed E-state index contributed by atoms with van der Waals surface area (Å²) in [5.41, 5.74) is 4.17. The van der Waals surface area contributed by atoms with Crippen LogP contribution in [0.15, 0.2) is 18.2 Å². The molecule has 14 heteroatoms. The fourth-order valence-corrected chi connectivity index (χ4v) is 3.96. The summed E-state index contributed by atoms with van der Waals surface area (Å²) < 4.78 is 63.5. The molecule has 2 aliphatic rings. The van der Waals surface area contributed by atoms with E-state index in [9.17, 15) is 31.4 Å². The van der Waals surface area contributed by atoms with E-state index < -0.39 is 24.3 Å². The van der Waals surface area contributed by atoms with E-state index in [2.05, 4.69) is 53.8 Å². The Bertz CT molecular complexity index is 865. The minimum atomic E-state index is -5.08. The zero-order chi connectivity index (χ0) is 28.6.